The number of hydrogen-bond donors (Lipinski definition) is 1. The lowest BCUT2D eigenvalue weighted by Gasteiger charge is -2.29. The molecule has 0 saturated carbocycles. The van der Waals surface area contributed by atoms with Crippen LogP contribution < -0.4 is 9.47 Å². The number of fused-ring (bicyclic) bond motifs is 1. The third kappa shape index (κ3) is 1.98. The van der Waals surface area contributed by atoms with Gasteiger partial charge in [0.25, 0.3) is 0 Å². The summed E-state index contributed by atoms with van der Waals surface area (Å²) < 4.78 is 11.1. The zero-order chi connectivity index (χ0) is 12.5. The van der Waals surface area contributed by atoms with Crippen LogP contribution in [-0.2, 0) is 0 Å². The monoisotopic (exact) mass is 262 g/mol. The van der Waals surface area contributed by atoms with Crippen LogP contribution >= 0.6 is 11.3 Å². The molecule has 0 aliphatic carbocycles. The van der Waals surface area contributed by atoms with Crippen molar-refractivity contribution in [1.82, 2.24) is 0 Å². The van der Waals surface area contributed by atoms with Gasteiger partial charge in [0.15, 0.2) is 0 Å². The van der Waals surface area contributed by atoms with Crippen LogP contribution in [0.1, 0.15) is 29.8 Å². The molecule has 3 rings (SSSR count). The number of aliphatic hydroxyl groups is 1. The van der Waals surface area contributed by atoms with Crippen LogP contribution in [0.4, 0.5) is 0 Å². The predicted molar refractivity (Wildman–Crippen MR) is 70.3 cm³/mol. The van der Waals surface area contributed by atoms with Gasteiger partial charge >= 0.3 is 0 Å². The maximum Gasteiger partial charge on any atom is 0.127 e. The van der Waals surface area contributed by atoms with Crippen molar-refractivity contribution in [3.8, 4) is 11.5 Å². The zero-order valence-electron chi connectivity index (χ0n) is 10.00. The molecular formula is C14H14O3S. The Bertz CT molecular complexity index is 536. The Balaban J connectivity index is 1.93. The molecule has 0 fully saturated rings. The van der Waals surface area contributed by atoms with Gasteiger partial charge in [-0.15, -0.1) is 0 Å². The quantitative estimate of drug-likeness (QED) is 0.902. The largest absolute Gasteiger partial charge is 0.497 e. The van der Waals surface area contributed by atoms with Gasteiger partial charge < -0.3 is 14.6 Å². The summed E-state index contributed by atoms with van der Waals surface area (Å²) >= 11 is 1.64. The minimum atomic E-state index is -0.506. The second-order valence-electron chi connectivity index (χ2n) is 4.32. The minimum absolute atomic E-state index is 0.0628. The number of hydrogen-bond acceptors (Lipinski definition) is 4. The Labute approximate surface area is 110 Å². The smallest absolute Gasteiger partial charge is 0.127 e. The van der Waals surface area contributed by atoms with Crippen molar-refractivity contribution in [3.05, 3.63) is 46.2 Å². The fourth-order valence-electron chi connectivity index (χ4n) is 2.21. The summed E-state index contributed by atoms with van der Waals surface area (Å²) in [6.07, 6.45) is 0.0116. The Kier molecular flexibility index (Phi) is 2.97. The number of benzene rings is 1. The van der Waals surface area contributed by atoms with Crippen molar-refractivity contribution in [2.75, 3.05) is 7.11 Å². The molecule has 2 aromatic rings. The average Bonchev–Trinajstić information content (AvgIpc) is 2.92. The van der Waals surface area contributed by atoms with E-state index in [2.05, 4.69) is 5.38 Å². The summed E-state index contributed by atoms with van der Waals surface area (Å²) in [6, 6.07) is 7.58. The Morgan fingerprint density at radius 2 is 2.28 bits per heavy atom. The third-order valence-electron chi connectivity index (χ3n) is 3.20. The molecule has 0 bridgehead atoms. The van der Waals surface area contributed by atoms with Crippen LogP contribution in [0.15, 0.2) is 35.0 Å². The fourth-order valence-corrected chi connectivity index (χ4v) is 2.92. The van der Waals surface area contributed by atoms with Gasteiger partial charge in [-0.2, -0.15) is 11.3 Å². The van der Waals surface area contributed by atoms with E-state index in [0.717, 1.165) is 22.6 Å². The molecule has 2 atom stereocenters. The van der Waals surface area contributed by atoms with E-state index in [9.17, 15) is 5.11 Å². The molecular weight excluding hydrogens is 248 g/mol. The highest BCUT2D eigenvalue weighted by molar-refractivity contribution is 7.07. The molecule has 2 heterocycles. The molecule has 94 valence electrons. The van der Waals surface area contributed by atoms with Crippen molar-refractivity contribution in [2.45, 2.75) is 18.6 Å². The standard InChI is InChI=1S/C14H14O3S/c1-16-10-2-3-13-11(6-10)12(15)7-14(17-13)9-4-5-18-8-9/h2-6,8,12,14-15H,7H2,1H3/t12-,14?/m0/s1. The maximum atomic E-state index is 10.2. The first-order valence-electron chi connectivity index (χ1n) is 5.82. The van der Waals surface area contributed by atoms with Crippen molar-refractivity contribution in [3.63, 3.8) is 0 Å². The number of ether oxygens (including phenoxy) is 2. The van der Waals surface area contributed by atoms with Crippen LogP contribution in [0.5, 0.6) is 11.5 Å². The van der Waals surface area contributed by atoms with Gasteiger partial charge in [0.2, 0.25) is 0 Å². The van der Waals surface area contributed by atoms with E-state index in [4.69, 9.17) is 9.47 Å². The SMILES string of the molecule is COc1ccc2c(c1)[C@@H](O)CC(c1ccsc1)O2. The van der Waals surface area contributed by atoms with Crippen LogP contribution in [0.2, 0.25) is 0 Å². The van der Waals surface area contributed by atoms with Gasteiger partial charge in [-0.25, -0.2) is 0 Å². The van der Waals surface area contributed by atoms with Gasteiger partial charge in [-0.3, -0.25) is 0 Å². The van der Waals surface area contributed by atoms with Crippen LogP contribution in [0, 0.1) is 0 Å². The first kappa shape index (κ1) is 11.6. The number of thiophene rings is 1. The first-order valence-corrected chi connectivity index (χ1v) is 6.77. The highest BCUT2D eigenvalue weighted by Gasteiger charge is 2.28. The molecule has 1 unspecified atom stereocenters. The molecule has 0 spiro atoms. The highest BCUT2D eigenvalue weighted by atomic mass is 32.1. The first-order chi connectivity index (χ1) is 8.78. The van der Waals surface area contributed by atoms with Gasteiger partial charge in [0, 0.05) is 17.5 Å². The van der Waals surface area contributed by atoms with Crippen molar-refractivity contribution in [1.29, 1.82) is 0 Å². The fraction of sp³-hybridized carbons (Fsp3) is 0.286. The maximum absolute atomic E-state index is 10.2. The third-order valence-corrected chi connectivity index (χ3v) is 3.90. The summed E-state index contributed by atoms with van der Waals surface area (Å²) in [6.45, 7) is 0. The lowest BCUT2D eigenvalue weighted by molar-refractivity contribution is 0.0656. The lowest BCUT2D eigenvalue weighted by Crippen LogP contribution is -2.18. The molecule has 1 aromatic carbocycles. The van der Waals surface area contributed by atoms with E-state index in [1.165, 1.54) is 0 Å². The number of aliphatic hydroxyl groups excluding tert-OH is 1. The highest BCUT2D eigenvalue weighted by Crippen LogP contribution is 2.42. The molecule has 0 amide bonds. The van der Waals surface area contributed by atoms with Gasteiger partial charge in [0.1, 0.15) is 17.6 Å². The summed E-state index contributed by atoms with van der Waals surface area (Å²) in [7, 11) is 1.62. The predicted octanol–water partition coefficient (Wildman–Crippen LogP) is 3.31. The van der Waals surface area contributed by atoms with E-state index in [1.807, 2.05) is 29.6 Å². The summed E-state index contributed by atoms with van der Waals surface area (Å²) in [4.78, 5) is 0. The summed E-state index contributed by atoms with van der Waals surface area (Å²) in [5, 5.41) is 14.3. The molecule has 4 heteroatoms. The summed E-state index contributed by atoms with van der Waals surface area (Å²) in [5.41, 5.74) is 1.93. The normalized spacial score (nSPS) is 22.1. The van der Waals surface area contributed by atoms with Crippen molar-refractivity contribution in [2.24, 2.45) is 0 Å². The van der Waals surface area contributed by atoms with Crippen LogP contribution in [0.25, 0.3) is 0 Å². The molecule has 3 nitrogen and oxygen atoms in total. The molecule has 1 aromatic heterocycles. The molecule has 0 saturated heterocycles. The molecule has 1 aliphatic rings. The van der Waals surface area contributed by atoms with E-state index in [-0.39, 0.29) is 6.10 Å². The topological polar surface area (TPSA) is 38.7 Å². The Morgan fingerprint density at radius 1 is 1.39 bits per heavy atom. The van der Waals surface area contributed by atoms with E-state index in [0.29, 0.717) is 6.42 Å². The van der Waals surface area contributed by atoms with E-state index in [1.54, 1.807) is 18.4 Å². The molecule has 18 heavy (non-hydrogen) atoms. The second-order valence-corrected chi connectivity index (χ2v) is 5.10. The van der Waals surface area contributed by atoms with Gasteiger partial charge in [0.05, 0.1) is 13.2 Å². The second kappa shape index (κ2) is 4.63. The molecule has 0 radical (unpaired) electrons. The van der Waals surface area contributed by atoms with Gasteiger partial charge in [-0.05, 0) is 35.0 Å². The Hall–Kier alpha value is -1.52. The Morgan fingerprint density at radius 3 is 3.00 bits per heavy atom. The summed E-state index contributed by atoms with van der Waals surface area (Å²) in [5.74, 6) is 1.48. The molecule has 1 aliphatic heterocycles. The molecule has 1 N–H and O–H groups in total. The number of rotatable bonds is 2. The van der Waals surface area contributed by atoms with Crippen LogP contribution in [0.3, 0.4) is 0 Å². The zero-order valence-corrected chi connectivity index (χ0v) is 10.8. The lowest BCUT2D eigenvalue weighted by atomic mass is 9.96. The number of methoxy groups -OCH3 is 1. The minimum Gasteiger partial charge on any atom is -0.497 e. The average molecular weight is 262 g/mol. The van der Waals surface area contributed by atoms with Crippen LogP contribution in [-0.4, -0.2) is 12.2 Å². The van der Waals surface area contributed by atoms with E-state index < -0.39 is 6.10 Å². The van der Waals surface area contributed by atoms with Crippen molar-refractivity contribution < 1.29 is 14.6 Å². The van der Waals surface area contributed by atoms with Crippen molar-refractivity contribution >= 4 is 11.3 Å². The van der Waals surface area contributed by atoms with Gasteiger partial charge in [-0.1, -0.05) is 0 Å². The van der Waals surface area contributed by atoms with E-state index >= 15 is 0 Å².